The minimum Gasteiger partial charge on any atom is -0.477 e. The Balaban J connectivity index is 2.30. The van der Waals surface area contributed by atoms with Crippen LogP contribution in [0.4, 0.5) is 0 Å². The maximum absolute atomic E-state index is 13.0. The van der Waals surface area contributed by atoms with Crippen molar-refractivity contribution in [3.05, 3.63) is 23.9 Å². The van der Waals surface area contributed by atoms with E-state index in [9.17, 15) is 26.7 Å². The first-order chi connectivity index (χ1) is 11.6. The van der Waals surface area contributed by atoms with Gasteiger partial charge in [-0.1, -0.05) is 0 Å². The van der Waals surface area contributed by atoms with E-state index in [0.717, 1.165) is 10.6 Å². The third kappa shape index (κ3) is 3.15. The molecule has 0 amide bonds. The molecule has 2 aromatic rings. The van der Waals surface area contributed by atoms with Gasteiger partial charge in [-0.15, -0.1) is 0 Å². The fraction of sp³-hybridized carbons (Fsp3) is 0.357. The van der Waals surface area contributed by atoms with E-state index in [2.05, 4.69) is 4.98 Å². The van der Waals surface area contributed by atoms with Gasteiger partial charge in [0.2, 0.25) is 10.0 Å². The number of rotatable bonds is 4. The van der Waals surface area contributed by atoms with Gasteiger partial charge >= 0.3 is 5.97 Å². The van der Waals surface area contributed by atoms with Crippen molar-refractivity contribution in [2.24, 2.45) is 0 Å². The number of morpholine rings is 1. The van der Waals surface area contributed by atoms with E-state index in [-0.39, 0.29) is 42.1 Å². The largest absolute Gasteiger partial charge is 0.477 e. The molecule has 1 aromatic carbocycles. The van der Waals surface area contributed by atoms with Crippen LogP contribution in [0.3, 0.4) is 0 Å². The summed E-state index contributed by atoms with van der Waals surface area (Å²) in [4.78, 5) is 13.6. The molecule has 0 saturated carbocycles. The number of hydrogen-bond acceptors (Lipinski definition) is 6. The molecule has 9 nitrogen and oxygen atoms in total. The molecule has 0 aliphatic carbocycles. The number of H-pyrrole nitrogens is 1. The summed E-state index contributed by atoms with van der Waals surface area (Å²) in [7, 11) is -7.72. The SMILES string of the molecule is CS(=O)(=O)c1ccc2[nH]c(C(=O)O)c(S(=O)(=O)N3CCOCC3)c2c1. The van der Waals surface area contributed by atoms with Crippen molar-refractivity contribution in [1.29, 1.82) is 0 Å². The highest BCUT2D eigenvalue weighted by molar-refractivity contribution is 7.90. The van der Waals surface area contributed by atoms with Crippen molar-refractivity contribution < 1.29 is 31.5 Å². The molecule has 3 rings (SSSR count). The van der Waals surface area contributed by atoms with Crippen LogP contribution in [0.2, 0.25) is 0 Å². The summed E-state index contributed by atoms with van der Waals surface area (Å²) in [5, 5.41) is 9.43. The number of ether oxygens (including phenoxy) is 1. The van der Waals surface area contributed by atoms with Crippen LogP contribution in [0, 0.1) is 0 Å². The molecule has 0 unspecified atom stereocenters. The fourth-order valence-electron chi connectivity index (χ4n) is 2.71. The smallest absolute Gasteiger partial charge is 0.353 e. The number of nitrogens with one attached hydrogen (secondary N) is 1. The lowest BCUT2D eigenvalue weighted by Gasteiger charge is -2.26. The van der Waals surface area contributed by atoms with Gasteiger partial charge in [-0.3, -0.25) is 0 Å². The van der Waals surface area contributed by atoms with Gasteiger partial charge in [0, 0.05) is 30.2 Å². The number of sulfonamides is 1. The standard InChI is InChI=1S/C14H16N2O7S2/c1-24(19,20)9-2-3-11-10(8-9)13(12(15-11)14(17)18)25(21,22)16-4-6-23-7-5-16/h2-3,8,15H,4-7H2,1H3,(H,17,18). The molecule has 11 heteroatoms. The summed E-state index contributed by atoms with van der Waals surface area (Å²) in [6.45, 7) is 0.608. The van der Waals surface area contributed by atoms with Gasteiger partial charge in [0.25, 0.3) is 0 Å². The number of aromatic nitrogens is 1. The zero-order valence-corrected chi connectivity index (χ0v) is 14.9. The zero-order chi connectivity index (χ0) is 18.4. The minimum atomic E-state index is -4.14. The third-order valence-electron chi connectivity index (χ3n) is 3.93. The number of sulfone groups is 1. The monoisotopic (exact) mass is 388 g/mol. The molecular weight excluding hydrogens is 372 g/mol. The zero-order valence-electron chi connectivity index (χ0n) is 13.2. The summed E-state index contributed by atoms with van der Waals surface area (Å²) in [6.07, 6.45) is 0.995. The van der Waals surface area contributed by atoms with Crippen molar-refractivity contribution in [3.63, 3.8) is 0 Å². The van der Waals surface area contributed by atoms with Crippen LogP contribution in [0.5, 0.6) is 0 Å². The van der Waals surface area contributed by atoms with Gasteiger partial charge in [0.05, 0.1) is 18.1 Å². The number of fused-ring (bicyclic) bond motifs is 1. The highest BCUT2D eigenvalue weighted by Gasteiger charge is 2.34. The Hall–Kier alpha value is -1.95. The maximum atomic E-state index is 13.0. The molecule has 1 aliphatic rings. The van der Waals surface area contributed by atoms with Crippen LogP contribution < -0.4 is 0 Å². The Morgan fingerprint density at radius 1 is 1.20 bits per heavy atom. The molecule has 0 spiro atoms. The Morgan fingerprint density at radius 2 is 1.84 bits per heavy atom. The normalized spacial score (nSPS) is 17.0. The molecule has 0 atom stereocenters. The maximum Gasteiger partial charge on any atom is 0.353 e. The van der Waals surface area contributed by atoms with Gasteiger partial charge < -0.3 is 14.8 Å². The lowest BCUT2D eigenvalue weighted by atomic mass is 10.2. The van der Waals surface area contributed by atoms with Gasteiger partial charge in [-0.25, -0.2) is 21.6 Å². The van der Waals surface area contributed by atoms with E-state index in [1.807, 2.05) is 0 Å². The van der Waals surface area contributed by atoms with Gasteiger partial charge in [-0.2, -0.15) is 4.31 Å². The summed E-state index contributed by atoms with van der Waals surface area (Å²) in [5.41, 5.74) is -0.260. The molecule has 1 saturated heterocycles. The number of benzene rings is 1. The first-order valence-electron chi connectivity index (χ1n) is 7.29. The second kappa shape index (κ2) is 6.09. The fourth-order valence-corrected chi connectivity index (χ4v) is 5.09. The van der Waals surface area contributed by atoms with Crippen LogP contribution in [0.25, 0.3) is 10.9 Å². The Labute approximate surface area is 144 Å². The topological polar surface area (TPSA) is 134 Å². The highest BCUT2D eigenvalue weighted by atomic mass is 32.2. The van der Waals surface area contributed by atoms with Crippen LogP contribution in [0.15, 0.2) is 28.0 Å². The van der Waals surface area contributed by atoms with Crippen molar-refractivity contribution in [2.75, 3.05) is 32.6 Å². The predicted octanol–water partition coefficient (Wildman–Crippen LogP) is 0.291. The van der Waals surface area contributed by atoms with E-state index in [0.29, 0.717) is 0 Å². The molecule has 1 fully saturated rings. The lowest BCUT2D eigenvalue weighted by Crippen LogP contribution is -2.41. The summed E-state index contributed by atoms with van der Waals surface area (Å²) >= 11 is 0. The van der Waals surface area contributed by atoms with E-state index >= 15 is 0 Å². The third-order valence-corrected chi connectivity index (χ3v) is 7.03. The summed E-state index contributed by atoms with van der Waals surface area (Å²) in [5.74, 6) is -1.44. The van der Waals surface area contributed by atoms with Crippen molar-refractivity contribution in [1.82, 2.24) is 9.29 Å². The van der Waals surface area contributed by atoms with Crippen LogP contribution in [-0.2, 0) is 24.6 Å². The van der Waals surface area contributed by atoms with E-state index in [1.54, 1.807) is 0 Å². The average molecular weight is 388 g/mol. The number of carboxylic acid groups (broad SMARTS) is 1. The summed E-state index contributed by atoms with van der Waals surface area (Å²) < 4.78 is 55.8. The van der Waals surface area contributed by atoms with Gasteiger partial charge in [0.1, 0.15) is 10.6 Å². The van der Waals surface area contributed by atoms with Crippen molar-refractivity contribution in [2.45, 2.75) is 9.79 Å². The Kier molecular flexibility index (Phi) is 4.35. The highest BCUT2D eigenvalue weighted by Crippen LogP contribution is 2.31. The van der Waals surface area contributed by atoms with E-state index in [1.165, 1.54) is 18.2 Å². The second-order valence-electron chi connectivity index (χ2n) is 5.63. The average Bonchev–Trinajstić information content (AvgIpc) is 2.94. The molecule has 1 aliphatic heterocycles. The van der Waals surface area contributed by atoms with Gasteiger partial charge in [0.15, 0.2) is 9.84 Å². The molecule has 1 aromatic heterocycles. The first kappa shape index (κ1) is 17.9. The Bertz CT molecular complexity index is 1050. The number of carbonyl (C=O) groups is 1. The number of aromatic carboxylic acids is 1. The minimum absolute atomic E-state index is 0.0341. The predicted molar refractivity (Wildman–Crippen MR) is 87.9 cm³/mol. The summed E-state index contributed by atoms with van der Waals surface area (Å²) in [6, 6.07) is 3.84. The van der Waals surface area contributed by atoms with E-state index in [4.69, 9.17) is 4.74 Å². The molecule has 0 radical (unpaired) electrons. The van der Waals surface area contributed by atoms with Crippen molar-refractivity contribution in [3.8, 4) is 0 Å². The van der Waals surface area contributed by atoms with Gasteiger partial charge in [-0.05, 0) is 18.2 Å². The van der Waals surface area contributed by atoms with Crippen LogP contribution >= 0.6 is 0 Å². The first-order valence-corrected chi connectivity index (χ1v) is 10.6. The molecular formula is C14H16N2O7S2. The number of nitrogens with zero attached hydrogens (tertiary/aromatic N) is 1. The quantitative estimate of drug-likeness (QED) is 0.769. The Morgan fingerprint density at radius 3 is 2.40 bits per heavy atom. The molecule has 2 N–H and O–H groups in total. The van der Waals surface area contributed by atoms with Crippen LogP contribution in [-0.4, -0.2) is 69.8 Å². The van der Waals surface area contributed by atoms with Crippen LogP contribution in [0.1, 0.15) is 10.5 Å². The van der Waals surface area contributed by atoms with E-state index < -0.39 is 36.4 Å². The number of carboxylic acids is 1. The molecule has 2 heterocycles. The number of hydrogen-bond donors (Lipinski definition) is 2. The molecule has 0 bridgehead atoms. The molecule has 25 heavy (non-hydrogen) atoms. The lowest BCUT2D eigenvalue weighted by molar-refractivity contribution is 0.0683. The second-order valence-corrected chi connectivity index (χ2v) is 9.52. The van der Waals surface area contributed by atoms with Crippen molar-refractivity contribution >= 4 is 36.7 Å². The number of aromatic amines is 1. The molecule has 136 valence electrons.